The van der Waals surface area contributed by atoms with Crippen LogP contribution in [0.15, 0.2) is 24.3 Å². The van der Waals surface area contributed by atoms with Gasteiger partial charge in [-0.1, -0.05) is 38.5 Å². The minimum atomic E-state index is -4.35. The molecule has 0 fully saturated rings. The molecule has 0 aliphatic heterocycles. The van der Waals surface area contributed by atoms with Gasteiger partial charge in [-0.25, -0.2) is 0 Å². The summed E-state index contributed by atoms with van der Waals surface area (Å²) in [4.78, 5) is 11.7. The average molecular weight is 272 g/mol. The third-order valence-corrected chi connectivity index (χ3v) is 2.89. The van der Waals surface area contributed by atoms with Gasteiger partial charge in [-0.3, -0.25) is 4.79 Å². The number of hydrogen-bond acceptors (Lipinski definition) is 1. The molecule has 0 saturated heterocycles. The smallest absolute Gasteiger partial charge is 0.299 e. The molecule has 0 heterocycles. The maximum atomic E-state index is 12.5. The first kappa shape index (κ1) is 15.7. The predicted molar refractivity (Wildman–Crippen MR) is 68.8 cm³/mol. The third kappa shape index (κ3) is 5.90. The lowest BCUT2D eigenvalue weighted by Gasteiger charge is -2.08. The number of hydrogen-bond donors (Lipinski definition) is 0. The second kappa shape index (κ2) is 6.73. The highest BCUT2D eigenvalue weighted by molar-refractivity contribution is 5.80. The summed E-state index contributed by atoms with van der Waals surface area (Å²) in [5.74, 6) is 0.543. The first-order valence-corrected chi connectivity index (χ1v) is 6.47. The highest BCUT2D eigenvalue weighted by Gasteiger charge is 2.30. The van der Waals surface area contributed by atoms with Crippen molar-refractivity contribution in [3.8, 4) is 0 Å². The fourth-order valence-corrected chi connectivity index (χ4v) is 1.88. The molecule has 0 amide bonds. The number of carbonyl (C=O) groups is 1. The van der Waals surface area contributed by atoms with Gasteiger partial charge in [0.05, 0.1) is 5.56 Å². The zero-order valence-corrected chi connectivity index (χ0v) is 11.3. The maximum absolute atomic E-state index is 12.5. The van der Waals surface area contributed by atoms with Gasteiger partial charge in [0.15, 0.2) is 0 Å². The second-order valence-electron chi connectivity index (χ2n) is 5.20. The minimum absolute atomic E-state index is 0.0000236. The first-order chi connectivity index (χ1) is 8.79. The third-order valence-electron chi connectivity index (χ3n) is 2.89. The molecule has 0 N–H and O–H groups in total. The highest BCUT2D eigenvalue weighted by Crippen LogP contribution is 2.29. The zero-order valence-electron chi connectivity index (χ0n) is 11.3. The zero-order chi connectivity index (χ0) is 14.5. The van der Waals surface area contributed by atoms with Crippen LogP contribution in [-0.4, -0.2) is 5.78 Å². The van der Waals surface area contributed by atoms with Crippen LogP contribution in [0.1, 0.15) is 44.2 Å². The van der Waals surface area contributed by atoms with Crippen LogP contribution in [0.5, 0.6) is 0 Å². The van der Waals surface area contributed by atoms with E-state index >= 15 is 0 Å². The molecule has 0 bridgehead atoms. The Morgan fingerprint density at radius 2 is 1.95 bits per heavy atom. The van der Waals surface area contributed by atoms with E-state index in [0.29, 0.717) is 17.9 Å². The van der Waals surface area contributed by atoms with Crippen LogP contribution in [0.4, 0.5) is 13.2 Å². The van der Waals surface area contributed by atoms with Crippen LogP contribution in [0, 0.1) is 5.92 Å². The van der Waals surface area contributed by atoms with Crippen molar-refractivity contribution in [3.63, 3.8) is 0 Å². The van der Waals surface area contributed by atoms with Crippen molar-refractivity contribution < 1.29 is 18.0 Å². The van der Waals surface area contributed by atoms with Gasteiger partial charge < -0.3 is 0 Å². The number of Topliss-reactive ketones (excluding diaryl/α,β-unsaturated/α-hetero) is 1. The van der Waals surface area contributed by atoms with Gasteiger partial charge in [0, 0.05) is 12.8 Å². The SMILES string of the molecule is CC(C)CCCC(=O)Cc1cccc(C(F)(F)F)c1. The van der Waals surface area contributed by atoms with Crippen LogP contribution in [0.2, 0.25) is 0 Å². The molecule has 0 aliphatic rings. The first-order valence-electron chi connectivity index (χ1n) is 6.47. The van der Waals surface area contributed by atoms with Gasteiger partial charge in [0.25, 0.3) is 0 Å². The van der Waals surface area contributed by atoms with E-state index in [0.717, 1.165) is 25.0 Å². The summed E-state index contributed by atoms with van der Waals surface area (Å²) in [7, 11) is 0. The number of alkyl halides is 3. The second-order valence-corrected chi connectivity index (χ2v) is 5.20. The molecular formula is C15H19F3O. The van der Waals surface area contributed by atoms with Gasteiger partial charge in [-0.15, -0.1) is 0 Å². The molecule has 1 aromatic carbocycles. The Balaban J connectivity index is 2.55. The van der Waals surface area contributed by atoms with E-state index in [4.69, 9.17) is 0 Å². The van der Waals surface area contributed by atoms with E-state index in [1.807, 2.05) is 0 Å². The van der Waals surface area contributed by atoms with Crippen LogP contribution in [0.3, 0.4) is 0 Å². The Morgan fingerprint density at radius 1 is 1.26 bits per heavy atom. The number of rotatable bonds is 6. The summed E-state index contributed by atoms with van der Waals surface area (Å²) in [5, 5.41) is 0. The molecule has 0 atom stereocenters. The summed E-state index contributed by atoms with van der Waals surface area (Å²) in [6, 6.07) is 4.99. The van der Waals surface area contributed by atoms with Crippen molar-refractivity contribution in [1.29, 1.82) is 0 Å². The van der Waals surface area contributed by atoms with Crippen molar-refractivity contribution in [1.82, 2.24) is 0 Å². The normalized spacial score (nSPS) is 11.9. The molecule has 1 rings (SSSR count). The fourth-order valence-electron chi connectivity index (χ4n) is 1.88. The summed E-state index contributed by atoms with van der Waals surface area (Å²) in [6.45, 7) is 4.16. The Labute approximate surface area is 111 Å². The lowest BCUT2D eigenvalue weighted by atomic mass is 10.0. The standard InChI is InChI=1S/C15H19F3O/c1-11(2)5-3-8-14(19)10-12-6-4-7-13(9-12)15(16,17)18/h4,6-7,9,11H,3,5,8,10H2,1-2H3. The lowest BCUT2D eigenvalue weighted by molar-refractivity contribution is -0.137. The molecule has 106 valence electrons. The molecule has 1 aromatic rings. The number of benzene rings is 1. The van der Waals surface area contributed by atoms with Crippen LogP contribution in [-0.2, 0) is 17.4 Å². The van der Waals surface area contributed by atoms with Crippen LogP contribution >= 0.6 is 0 Å². The molecule has 4 heteroatoms. The molecule has 0 radical (unpaired) electrons. The summed E-state index contributed by atoms with van der Waals surface area (Å²) in [6.07, 6.45) is -2.06. The van der Waals surface area contributed by atoms with Crippen molar-refractivity contribution in [2.75, 3.05) is 0 Å². The van der Waals surface area contributed by atoms with E-state index in [9.17, 15) is 18.0 Å². The average Bonchev–Trinajstić information content (AvgIpc) is 2.27. The van der Waals surface area contributed by atoms with Crippen LogP contribution < -0.4 is 0 Å². The van der Waals surface area contributed by atoms with Gasteiger partial charge in [-0.2, -0.15) is 13.2 Å². The van der Waals surface area contributed by atoms with Crippen molar-refractivity contribution >= 4 is 5.78 Å². The van der Waals surface area contributed by atoms with Gasteiger partial charge in [0.2, 0.25) is 0 Å². The Hall–Kier alpha value is -1.32. The van der Waals surface area contributed by atoms with Crippen molar-refractivity contribution in [2.24, 2.45) is 5.92 Å². The quantitative estimate of drug-likeness (QED) is 0.737. The summed E-state index contributed by atoms with van der Waals surface area (Å²) in [5.41, 5.74) is -0.260. The minimum Gasteiger partial charge on any atom is -0.299 e. The number of halogens is 3. The van der Waals surface area contributed by atoms with Crippen LogP contribution in [0.25, 0.3) is 0 Å². The summed E-state index contributed by atoms with van der Waals surface area (Å²) < 4.78 is 37.5. The monoisotopic (exact) mass is 272 g/mol. The molecule has 0 aromatic heterocycles. The van der Waals surface area contributed by atoms with Gasteiger partial charge in [-0.05, 0) is 24.0 Å². The van der Waals surface area contributed by atoms with Gasteiger partial charge >= 0.3 is 6.18 Å². The van der Waals surface area contributed by atoms with E-state index in [2.05, 4.69) is 13.8 Å². The highest BCUT2D eigenvalue weighted by atomic mass is 19.4. The van der Waals surface area contributed by atoms with E-state index in [1.54, 1.807) is 6.07 Å². The Bertz CT molecular complexity index is 422. The molecule has 0 unspecified atom stereocenters. The topological polar surface area (TPSA) is 17.1 Å². The van der Waals surface area contributed by atoms with E-state index < -0.39 is 11.7 Å². The van der Waals surface area contributed by atoms with E-state index in [-0.39, 0.29) is 12.2 Å². The predicted octanol–water partition coefficient (Wildman–Crippen LogP) is 4.64. The molecule has 0 saturated carbocycles. The molecule has 0 spiro atoms. The maximum Gasteiger partial charge on any atom is 0.416 e. The molecule has 19 heavy (non-hydrogen) atoms. The van der Waals surface area contributed by atoms with E-state index in [1.165, 1.54) is 6.07 Å². The summed E-state index contributed by atoms with van der Waals surface area (Å²) >= 11 is 0. The Morgan fingerprint density at radius 3 is 2.53 bits per heavy atom. The fraction of sp³-hybridized carbons (Fsp3) is 0.533. The number of carbonyl (C=O) groups excluding carboxylic acids is 1. The van der Waals surface area contributed by atoms with Crippen molar-refractivity contribution in [2.45, 2.75) is 45.7 Å². The largest absolute Gasteiger partial charge is 0.416 e. The Kier molecular flexibility index (Phi) is 5.58. The number of ketones is 1. The van der Waals surface area contributed by atoms with Gasteiger partial charge in [0.1, 0.15) is 5.78 Å². The molecule has 0 aliphatic carbocycles. The lowest BCUT2D eigenvalue weighted by Crippen LogP contribution is -2.07. The van der Waals surface area contributed by atoms with Crippen molar-refractivity contribution in [3.05, 3.63) is 35.4 Å². The molecule has 1 nitrogen and oxygen atoms in total. The molecular weight excluding hydrogens is 253 g/mol.